The molecule has 0 saturated heterocycles. The number of hydrogen-bond acceptors (Lipinski definition) is 4. The van der Waals surface area contributed by atoms with Gasteiger partial charge < -0.3 is 10.2 Å². The summed E-state index contributed by atoms with van der Waals surface area (Å²) in [7, 11) is -4.12. The van der Waals surface area contributed by atoms with E-state index >= 15 is 0 Å². The number of sulfonamides is 1. The van der Waals surface area contributed by atoms with Gasteiger partial charge in [0.2, 0.25) is 11.8 Å². The first kappa shape index (κ1) is 28.8. The standard InChI is InChI=1S/C29H34FN3O4S/c1-5-17-31-29(35)23(4)32(19-24-12-14-25(30)15-13-24)28(34)20-33(26-16-11-21(2)22(3)18-26)38(36,37)27-9-7-6-8-10-27/h6-16,18,23H,5,17,19-20H2,1-4H3,(H,31,35)/t23-/m1/s1. The Morgan fingerprint density at radius 1 is 0.947 bits per heavy atom. The molecule has 0 fully saturated rings. The molecule has 0 aliphatic carbocycles. The second kappa shape index (κ2) is 12.7. The molecule has 1 N–H and O–H groups in total. The summed E-state index contributed by atoms with van der Waals surface area (Å²) in [5.41, 5.74) is 2.81. The van der Waals surface area contributed by atoms with Crippen LogP contribution in [0.3, 0.4) is 0 Å². The lowest BCUT2D eigenvalue weighted by Gasteiger charge is -2.32. The van der Waals surface area contributed by atoms with Crippen LogP contribution >= 0.6 is 0 Å². The van der Waals surface area contributed by atoms with E-state index in [4.69, 9.17) is 0 Å². The van der Waals surface area contributed by atoms with Crippen molar-refractivity contribution in [2.24, 2.45) is 0 Å². The number of aryl methyl sites for hydroxylation is 2. The quantitative estimate of drug-likeness (QED) is 0.387. The Hall–Kier alpha value is -3.72. The molecule has 2 amide bonds. The molecule has 9 heteroatoms. The highest BCUT2D eigenvalue weighted by atomic mass is 32.2. The minimum Gasteiger partial charge on any atom is -0.354 e. The maximum absolute atomic E-state index is 13.8. The average molecular weight is 540 g/mol. The van der Waals surface area contributed by atoms with Gasteiger partial charge in [0.25, 0.3) is 10.0 Å². The first-order valence-electron chi connectivity index (χ1n) is 12.5. The highest BCUT2D eigenvalue weighted by Gasteiger charge is 2.32. The second-order valence-electron chi connectivity index (χ2n) is 9.21. The summed E-state index contributed by atoms with van der Waals surface area (Å²) in [6.07, 6.45) is 0.722. The summed E-state index contributed by atoms with van der Waals surface area (Å²) >= 11 is 0. The van der Waals surface area contributed by atoms with Crippen LogP contribution in [0.5, 0.6) is 0 Å². The van der Waals surface area contributed by atoms with Gasteiger partial charge in [-0.05, 0) is 80.3 Å². The number of hydrogen-bond donors (Lipinski definition) is 1. The van der Waals surface area contributed by atoms with Gasteiger partial charge in [0.15, 0.2) is 0 Å². The number of carbonyl (C=O) groups excluding carboxylic acids is 2. The minimum atomic E-state index is -4.12. The SMILES string of the molecule is CCCNC(=O)[C@@H](C)N(Cc1ccc(F)cc1)C(=O)CN(c1ccc(C)c(C)c1)S(=O)(=O)c1ccccc1. The molecule has 3 rings (SSSR count). The molecule has 0 unspecified atom stereocenters. The van der Waals surface area contributed by atoms with Crippen molar-refractivity contribution in [1.29, 1.82) is 0 Å². The third-order valence-corrected chi connectivity index (χ3v) is 8.16. The van der Waals surface area contributed by atoms with Crippen molar-refractivity contribution < 1.29 is 22.4 Å². The zero-order valence-electron chi connectivity index (χ0n) is 22.1. The van der Waals surface area contributed by atoms with Crippen molar-refractivity contribution in [2.45, 2.75) is 51.6 Å². The number of nitrogens with one attached hydrogen (secondary N) is 1. The monoisotopic (exact) mass is 539 g/mol. The van der Waals surface area contributed by atoms with E-state index in [1.807, 2.05) is 20.8 Å². The Balaban J connectivity index is 2.02. The number of nitrogens with zero attached hydrogens (tertiary/aromatic N) is 2. The van der Waals surface area contributed by atoms with Gasteiger partial charge >= 0.3 is 0 Å². The molecule has 0 aliphatic heterocycles. The fourth-order valence-electron chi connectivity index (χ4n) is 3.89. The van der Waals surface area contributed by atoms with Gasteiger partial charge in [-0.1, -0.05) is 43.3 Å². The maximum Gasteiger partial charge on any atom is 0.264 e. The lowest BCUT2D eigenvalue weighted by Crippen LogP contribution is -2.51. The Bertz CT molecular complexity index is 1360. The van der Waals surface area contributed by atoms with Gasteiger partial charge in [0, 0.05) is 13.1 Å². The van der Waals surface area contributed by atoms with Crippen LogP contribution in [-0.4, -0.2) is 44.3 Å². The molecule has 3 aromatic rings. The highest BCUT2D eigenvalue weighted by Crippen LogP contribution is 2.26. The predicted octanol–water partition coefficient (Wildman–Crippen LogP) is 4.58. The normalized spacial score (nSPS) is 12.0. The molecule has 7 nitrogen and oxygen atoms in total. The van der Waals surface area contributed by atoms with Crippen molar-refractivity contribution in [2.75, 3.05) is 17.4 Å². The lowest BCUT2D eigenvalue weighted by atomic mass is 10.1. The number of anilines is 1. The van der Waals surface area contributed by atoms with Crippen LogP contribution in [-0.2, 0) is 26.2 Å². The van der Waals surface area contributed by atoms with Gasteiger partial charge in [-0.15, -0.1) is 0 Å². The Morgan fingerprint density at radius 3 is 2.21 bits per heavy atom. The molecular formula is C29H34FN3O4S. The van der Waals surface area contributed by atoms with Gasteiger partial charge in [0.1, 0.15) is 18.4 Å². The van der Waals surface area contributed by atoms with Gasteiger partial charge in [-0.3, -0.25) is 13.9 Å². The number of rotatable bonds is 11. The molecule has 0 radical (unpaired) electrons. The molecule has 0 saturated carbocycles. The molecule has 1 atom stereocenters. The number of amides is 2. The molecule has 202 valence electrons. The predicted molar refractivity (Wildman–Crippen MR) is 147 cm³/mol. The van der Waals surface area contributed by atoms with E-state index in [9.17, 15) is 22.4 Å². The smallest absolute Gasteiger partial charge is 0.264 e. The van der Waals surface area contributed by atoms with Crippen LogP contribution in [0.4, 0.5) is 10.1 Å². The third kappa shape index (κ3) is 6.98. The molecule has 0 aromatic heterocycles. The summed E-state index contributed by atoms with van der Waals surface area (Å²) in [5.74, 6) is -1.34. The van der Waals surface area contributed by atoms with Crippen molar-refractivity contribution in [1.82, 2.24) is 10.2 Å². The van der Waals surface area contributed by atoms with Gasteiger partial charge in [-0.2, -0.15) is 0 Å². The first-order valence-corrected chi connectivity index (χ1v) is 13.9. The van der Waals surface area contributed by atoms with Crippen LogP contribution in [0.15, 0.2) is 77.7 Å². The van der Waals surface area contributed by atoms with Crippen LogP contribution in [0.1, 0.15) is 37.0 Å². The minimum absolute atomic E-state index is 0.00593. The van der Waals surface area contributed by atoms with Gasteiger partial charge in [-0.25, -0.2) is 12.8 Å². The van der Waals surface area contributed by atoms with E-state index < -0.39 is 34.3 Å². The molecule has 38 heavy (non-hydrogen) atoms. The Morgan fingerprint density at radius 2 is 1.61 bits per heavy atom. The van der Waals surface area contributed by atoms with E-state index in [0.29, 0.717) is 17.8 Å². The summed E-state index contributed by atoms with van der Waals surface area (Å²) in [6.45, 7) is 7.23. The largest absolute Gasteiger partial charge is 0.354 e. The number of benzene rings is 3. The maximum atomic E-state index is 13.8. The Kier molecular flexibility index (Phi) is 9.63. The molecule has 0 spiro atoms. The van der Waals surface area contributed by atoms with Crippen LogP contribution in [0.25, 0.3) is 0 Å². The Labute approximate surface area is 224 Å². The van der Waals surface area contributed by atoms with Crippen molar-refractivity contribution >= 4 is 27.5 Å². The summed E-state index contributed by atoms with van der Waals surface area (Å²) in [6, 6.07) is 17.8. The second-order valence-corrected chi connectivity index (χ2v) is 11.1. The zero-order valence-corrected chi connectivity index (χ0v) is 23.0. The molecule has 3 aromatic carbocycles. The van der Waals surface area contributed by atoms with Gasteiger partial charge in [0.05, 0.1) is 10.6 Å². The van der Waals surface area contributed by atoms with Crippen LogP contribution in [0.2, 0.25) is 0 Å². The molecule has 0 heterocycles. The summed E-state index contributed by atoms with van der Waals surface area (Å²) < 4.78 is 42.1. The van der Waals surface area contributed by atoms with Crippen molar-refractivity contribution in [3.63, 3.8) is 0 Å². The number of halogens is 1. The first-order chi connectivity index (χ1) is 18.0. The molecular weight excluding hydrogens is 505 g/mol. The average Bonchev–Trinajstić information content (AvgIpc) is 2.91. The third-order valence-electron chi connectivity index (χ3n) is 6.37. The zero-order chi connectivity index (χ0) is 27.9. The van der Waals surface area contributed by atoms with E-state index in [-0.39, 0.29) is 17.3 Å². The van der Waals surface area contributed by atoms with E-state index in [1.54, 1.807) is 43.3 Å². The van der Waals surface area contributed by atoms with Crippen molar-refractivity contribution in [3.05, 3.63) is 95.3 Å². The van der Waals surface area contributed by atoms with Crippen LogP contribution < -0.4 is 9.62 Å². The fourth-order valence-corrected chi connectivity index (χ4v) is 5.32. The molecule has 0 aliphatic rings. The summed E-state index contributed by atoms with van der Waals surface area (Å²) in [4.78, 5) is 28.0. The lowest BCUT2D eigenvalue weighted by molar-refractivity contribution is -0.139. The summed E-state index contributed by atoms with van der Waals surface area (Å²) in [5, 5.41) is 2.79. The van der Waals surface area contributed by atoms with Crippen LogP contribution in [0, 0.1) is 19.7 Å². The van der Waals surface area contributed by atoms with E-state index in [1.165, 1.54) is 41.3 Å². The fraction of sp³-hybridized carbons (Fsp3) is 0.310. The number of carbonyl (C=O) groups is 2. The highest BCUT2D eigenvalue weighted by molar-refractivity contribution is 7.92. The van der Waals surface area contributed by atoms with E-state index in [0.717, 1.165) is 21.9 Å². The van der Waals surface area contributed by atoms with E-state index in [2.05, 4.69) is 5.32 Å². The molecule has 0 bridgehead atoms. The van der Waals surface area contributed by atoms with Crippen molar-refractivity contribution in [3.8, 4) is 0 Å². The topological polar surface area (TPSA) is 86.8 Å².